The number of aromatic nitrogens is 3. The number of rotatable bonds is 2. The minimum atomic E-state index is 0.0725. The number of hydrogen-bond acceptors (Lipinski definition) is 4. The van der Waals surface area contributed by atoms with Crippen LogP contribution in [0.4, 0.5) is 5.69 Å². The average Bonchev–Trinajstić information content (AvgIpc) is 2.85. The van der Waals surface area contributed by atoms with E-state index in [0.717, 1.165) is 34.6 Å². The van der Waals surface area contributed by atoms with Crippen LogP contribution in [0.15, 0.2) is 29.0 Å². The van der Waals surface area contributed by atoms with E-state index in [1.54, 1.807) is 6.33 Å². The van der Waals surface area contributed by atoms with Crippen LogP contribution in [0.25, 0.3) is 0 Å². The summed E-state index contributed by atoms with van der Waals surface area (Å²) < 4.78 is 2.96. The van der Waals surface area contributed by atoms with Crippen LogP contribution in [0.1, 0.15) is 11.4 Å². The minimum Gasteiger partial charge on any atom is -0.384 e. The van der Waals surface area contributed by atoms with Crippen LogP contribution in [0.5, 0.6) is 0 Å². The largest absolute Gasteiger partial charge is 0.384 e. The first-order valence-corrected chi connectivity index (χ1v) is 6.70. The highest BCUT2D eigenvalue weighted by atomic mass is 79.9. The number of nitrogens with two attached hydrogens (primary N) is 1. The van der Waals surface area contributed by atoms with Crippen LogP contribution in [-0.4, -0.2) is 27.1 Å². The predicted molar refractivity (Wildman–Crippen MR) is 76.2 cm³/mol. The summed E-state index contributed by atoms with van der Waals surface area (Å²) in [5, 5.41) is 15.7. The maximum absolute atomic E-state index is 7.70. The lowest BCUT2D eigenvalue weighted by molar-refractivity contribution is 0.560. The van der Waals surface area contributed by atoms with Gasteiger partial charge in [-0.2, -0.15) is 0 Å². The van der Waals surface area contributed by atoms with Gasteiger partial charge in [0.2, 0.25) is 0 Å². The molecular weight excluding hydrogens is 308 g/mol. The normalized spacial score (nSPS) is 14.3. The van der Waals surface area contributed by atoms with Crippen molar-refractivity contribution in [1.29, 1.82) is 5.41 Å². The van der Waals surface area contributed by atoms with Crippen LogP contribution in [-0.2, 0) is 13.1 Å². The van der Waals surface area contributed by atoms with Gasteiger partial charge in [-0.1, -0.05) is 15.9 Å². The van der Waals surface area contributed by atoms with Gasteiger partial charge < -0.3 is 15.2 Å². The van der Waals surface area contributed by atoms with Crippen molar-refractivity contribution in [3.63, 3.8) is 0 Å². The first kappa shape index (κ1) is 12.2. The third-order valence-corrected chi connectivity index (χ3v) is 3.72. The van der Waals surface area contributed by atoms with E-state index in [-0.39, 0.29) is 5.84 Å². The first-order valence-electron chi connectivity index (χ1n) is 5.91. The highest BCUT2D eigenvalue weighted by Crippen LogP contribution is 2.27. The lowest BCUT2D eigenvalue weighted by Crippen LogP contribution is -2.35. The summed E-state index contributed by atoms with van der Waals surface area (Å²) in [6.07, 6.45) is 1.75. The van der Waals surface area contributed by atoms with E-state index in [9.17, 15) is 0 Å². The maximum atomic E-state index is 7.70. The Labute approximate surface area is 118 Å². The van der Waals surface area contributed by atoms with Gasteiger partial charge in [-0.25, -0.2) is 0 Å². The van der Waals surface area contributed by atoms with Gasteiger partial charge in [-0.15, -0.1) is 10.2 Å². The Morgan fingerprint density at radius 2 is 2.21 bits per heavy atom. The molecule has 2 heterocycles. The number of halogens is 1. The SMILES string of the molecule is N=C(N)c1cc(Br)ccc1N1CCn2cnnc2C1. The Balaban J connectivity index is 1.98. The zero-order valence-electron chi connectivity index (χ0n) is 10.2. The van der Waals surface area contributed by atoms with E-state index in [1.165, 1.54) is 0 Å². The molecule has 0 radical (unpaired) electrons. The summed E-state index contributed by atoms with van der Waals surface area (Å²) in [5.74, 6) is 1.01. The molecule has 0 saturated heterocycles. The molecule has 1 aliphatic rings. The van der Waals surface area contributed by atoms with Crippen molar-refractivity contribution < 1.29 is 0 Å². The second-order valence-corrected chi connectivity index (χ2v) is 5.35. The van der Waals surface area contributed by atoms with Crippen LogP contribution in [0.3, 0.4) is 0 Å². The standard InChI is InChI=1S/C12H13BrN6/c13-8-1-2-10(9(5-8)12(14)15)18-3-4-19-7-16-17-11(19)6-18/h1-2,5,7H,3-4,6H2,(H3,14,15). The second kappa shape index (κ2) is 4.65. The van der Waals surface area contributed by atoms with E-state index in [2.05, 4.69) is 31.0 Å². The summed E-state index contributed by atoms with van der Waals surface area (Å²) in [7, 11) is 0. The molecule has 0 bridgehead atoms. The van der Waals surface area contributed by atoms with E-state index in [4.69, 9.17) is 11.1 Å². The van der Waals surface area contributed by atoms with Crippen molar-refractivity contribution in [1.82, 2.24) is 14.8 Å². The lowest BCUT2D eigenvalue weighted by Gasteiger charge is -2.30. The van der Waals surface area contributed by atoms with Gasteiger partial charge in [0.05, 0.1) is 6.54 Å². The Kier molecular flexibility index (Phi) is 2.98. The lowest BCUT2D eigenvalue weighted by atomic mass is 10.1. The summed E-state index contributed by atoms with van der Waals surface area (Å²) in [4.78, 5) is 2.17. The van der Waals surface area contributed by atoms with Crippen molar-refractivity contribution in [2.75, 3.05) is 11.4 Å². The molecule has 0 unspecified atom stereocenters. The molecule has 2 aromatic rings. The van der Waals surface area contributed by atoms with Gasteiger partial charge in [0.15, 0.2) is 5.82 Å². The molecule has 0 fully saturated rings. The van der Waals surface area contributed by atoms with Gasteiger partial charge in [0.25, 0.3) is 0 Å². The summed E-state index contributed by atoms with van der Waals surface area (Å²) in [5.41, 5.74) is 7.37. The topological polar surface area (TPSA) is 83.8 Å². The van der Waals surface area contributed by atoms with E-state index >= 15 is 0 Å². The quantitative estimate of drug-likeness (QED) is 0.646. The van der Waals surface area contributed by atoms with Gasteiger partial charge in [-0.3, -0.25) is 5.41 Å². The molecule has 3 N–H and O–H groups in total. The molecular formula is C12H13BrN6. The van der Waals surface area contributed by atoms with Crippen molar-refractivity contribution in [3.8, 4) is 0 Å². The van der Waals surface area contributed by atoms with Crippen LogP contribution >= 0.6 is 15.9 Å². The molecule has 19 heavy (non-hydrogen) atoms. The third-order valence-electron chi connectivity index (χ3n) is 3.23. The molecule has 0 amide bonds. The highest BCUT2D eigenvalue weighted by molar-refractivity contribution is 9.10. The highest BCUT2D eigenvalue weighted by Gasteiger charge is 2.20. The Morgan fingerprint density at radius 1 is 1.37 bits per heavy atom. The Morgan fingerprint density at radius 3 is 3.00 bits per heavy atom. The fourth-order valence-corrected chi connectivity index (χ4v) is 2.63. The molecule has 0 saturated carbocycles. The summed E-state index contributed by atoms with van der Waals surface area (Å²) in [6, 6.07) is 5.81. The second-order valence-electron chi connectivity index (χ2n) is 4.44. The monoisotopic (exact) mass is 320 g/mol. The Bertz CT molecular complexity index is 635. The van der Waals surface area contributed by atoms with Gasteiger partial charge in [0, 0.05) is 28.8 Å². The number of nitrogens with zero attached hydrogens (tertiary/aromatic N) is 4. The fourth-order valence-electron chi connectivity index (χ4n) is 2.27. The molecule has 6 nitrogen and oxygen atoms in total. The molecule has 1 aromatic heterocycles. The number of anilines is 1. The maximum Gasteiger partial charge on any atom is 0.152 e. The number of amidine groups is 1. The fraction of sp³-hybridized carbons (Fsp3) is 0.250. The van der Waals surface area contributed by atoms with Crippen LogP contribution in [0.2, 0.25) is 0 Å². The van der Waals surface area contributed by atoms with E-state index in [1.807, 2.05) is 22.8 Å². The van der Waals surface area contributed by atoms with E-state index in [0.29, 0.717) is 6.54 Å². The molecule has 0 atom stereocenters. The molecule has 3 rings (SSSR count). The van der Waals surface area contributed by atoms with Crippen molar-refractivity contribution in [3.05, 3.63) is 40.4 Å². The molecule has 1 aromatic carbocycles. The molecule has 0 aliphatic carbocycles. The van der Waals surface area contributed by atoms with Crippen molar-refractivity contribution in [2.45, 2.75) is 13.1 Å². The smallest absolute Gasteiger partial charge is 0.152 e. The Hall–Kier alpha value is -1.89. The number of nitrogens with one attached hydrogen (secondary N) is 1. The number of benzene rings is 1. The zero-order chi connectivity index (χ0) is 13.4. The zero-order valence-corrected chi connectivity index (χ0v) is 11.8. The van der Waals surface area contributed by atoms with Gasteiger partial charge >= 0.3 is 0 Å². The molecule has 0 spiro atoms. The number of fused-ring (bicyclic) bond motifs is 1. The number of hydrogen-bond donors (Lipinski definition) is 2. The minimum absolute atomic E-state index is 0.0725. The molecule has 98 valence electrons. The number of nitrogen functional groups attached to an aromatic ring is 1. The van der Waals surface area contributed by atoms with E-state index < -0.39 is 0 Å². The van der Waals surface area contributed by atoms with Gasteiger partial charge in [0.1, 0.15) is 12.2 Å². The van der Waals surface area contributed by atoms with Crippen LogP contribution < -0.4 is 10.6 Å². The predicted octanol–water partition coefficient (Wildman–Crippen LogP) is 1.34. The van der Waals surface area contributed by atoms with Crippen LogP contribution in [0, 0.1) is 5.41 Å². The molecule has 7 heteroatoms. The summed E-state index contributed by atoms with van der Waals surface area (Å²) >= 11 is 3.41. The van der Waals surface area contributed by atoms with Crippen molar-refractivity contribution >= 4 is 27.5 Å². The van der Waals surface area contributed by atoms with Crippen molar-refractivity contribution in [2.24, 2.45) is 5.73 Å². The van der Waals surface area contributed by atoms with Gasteiger partial charge in [-0.05, 0) is 18.2 Å². The average molecular weight is 321 g/mol. The first-order chi connectivity index (χ1) is 9.15. The third kappa shape index (κ3) is 2.21. The summed E-state index contributed by atoms with van der Waals surface area (Å²) in [6.45, 7) is 2.38. The molecule has 1 aliphatic heterocycles.